The molecule has 3 aromatic carbocycles. The van der Waals surface area contributed by atoms with Crippen LogP contribution in [0.15, 0.2) is 63.9 Å². The quantitative estimate of drug-likeness (QED) is 0.168. The van der Waals surface area contributed by atoms with E-state index in [1.54, 1.807) is 17.6 Å². The zero-order valence-electron chi connectivity index (χ0n) is 32.8. The molecular formula is C44H48ClFN8O3S. The third-order valence-corrected chi connectivity index (χ3v) is 13.5. The van der Waals surface area contributed by atoms with Crippen molar-refractivity contribution in [1.82, 2.24) is 28.9 Å². The minimum absolute atomic E-state index is 0.0499. The number of hydrogen-bond acceptors (Lipinski definition) is 10. The number of nitrogens with one attached hydrogen (secondary N) is 1. The van der Waals surface area contributed by atoms with Crippen molar-refractivity contribution >= 4 is 61.6 Å². The topological polar surface area (TPSA) is 113 Å². The Morgan fingerprint density at radius 1 is 0.914 bits per heavy atom. The summed E-state index contributed by atoms with van der Waals surface area (Å²) in [4.78, 5) is 36.5. The van der Waals surface area contributed by atoms with Crippen LogP contribution in [0.3, 0.4) is 0 Å². The minimum Gasteiger partial charge on any atom is -0.356 e. The first kappa shape index (κ1) is 38.8. The number of likely N-dealkylation sites (tertiary alicyclic amines) is 1. The number of piperidine rings is 1. The van der Waals surface area contributed by atoms with E-state index < -0.39 is 0 Å². The van der Waals surface area contributed by atoms with Gasteiger partial charge >= 0.3 is 0 Å². The van der Waals surface area contributed by atoms with E-state index in [1.807, 2.05) is 17.6 Å². The lowest BCUT2D eigenvalue weighted by Crippen LogP contribution is -2.47. The van der Waals surface area contributed by atoms with Gasteiger partial charge in [-0.2, -0.15) is 4.37 Å². The Balaban J connectivity index is 0.000000151. The lowest BCUT2D eigenvalue weighted by atomic mass is 9.91. The van der Waals surface area contributed by atoms with Crippen molar-refractivity contribution in [1.29, 1.82) is 0 Å². The van der Waals surface area contributed by atoms with E-state index in [0.717, 1.165) is 160 Å². The maximum absolute atomic E-state index is 13.4. The van der Waals surface area contributed by atoms with Gasteiger partial charge in [0.15, 0.2) is 5.58 Å². The lowest BCUT2D eigenvalue weighted by molar-refractivity contribution is -0.115. The second-order valence-corrected chi connectivity index (χ2v) is 17.2. The molecule has 4 aliphatic heterocycles. The molecule has 14 heteroatoms. The molecule has 0 atom stereocenters. The molecule has 302 valence electrons. The van der Waals surface area contributed by atoms with Crippen LogP contribution in [0, 0.1) is 12.7 Å². The van der Waals surface area contributed by atoms with Crippen molar-refractivity contribution in [2.24, 2.45) is 0 Å². The Bertz CT molecular complexity index is 2520. The molecular weight excluding hydrogens is 775 g/mol. The standard InChI is InChI=1S/C23H27FN4O2.C21H21ClN4OS/c1-15-18(23(29)28-10-3-2-4-21(28)25-15)9-13-27-11-7-16(8-12-27)22-19-6-5-17(24)14-20(19)30-26-22;22-17-13-18-15(12-20(27)23-18)11-14(17)5-6-25-7-9-26(10-8-25)21-16-3-1-2-4-19(16)28-24-21/h5-6,14,16H,2-4,7-13H2,1H3;1-4,11,13H,5-10,12H2,(H,23,27). The van der Waals surface area contributed by atoms with Gasteiger partial charge in [0, 0.05) is 97.0 Å². The van der Waals surface area contributed by atoms with E-state index in [4.69, 9.17) is 21.1 Å². The third-order valence-electron chi connectivity index (χ3n) is 12.3. The number of anilines is 2. The van der Waals surface area contributed by atoms with E-state index >= 15 is 0 Å². The highest BCUT2D eigenvalue weighted by Crippen LogP contribution is 2.34. The Labute approximate surface area is 345 Å². The average molecular weight is 823 g/mol. The molecule has 1 N–H and O–H groups in total. The van der Waals surface area contributed by atoms with Gasteiger partial charge in [0.05, 0.1) is 16.8 Å². The maximum Gasteiger partial charge on any atom is 0.256 e. The summed E-state index contributed by atoms with van der Waals surface area (Å²) in [7, 11) is 0. The maximum atomic E-state index is 13.4. The smallest absolute Gasteiger partial charge is 0.256 e. The molecule has 0 aliphatic carbocycles. The lowest BCUT2D eigenvalue weighted by Gasteiger charge is -2.35. The summed E-state index contributed by atoms with van der Waals surface area (Å²) in [6.45, 7) is 10.6. The van der Waals surface area contributed by atoms with Crippen molar-refractivity contribution in [3.63, 3.8) is 0 Å². The molecule has 10 rings (SSSR count). The van der Waals surface area contributed by atoms with Crippen LogP contribution in [-0.4, -0.2) is 87.1 Å². The van der Waals surface area contributed by atoms with Crippen LogP contribution in [0.2, 0.25) is 5.02 Å². The van der Waals surface area contributed by atoms with Crippen molar-refractivity contribution in [2.75, 3.05) is 62.6 Å². The molecule has 2 fully saturated rings. The summed E-state index contributed by atoms with van der Waals surface area (Å²) in [5, 5.41) is 10.0. The fourth-order valence-corrected chi connectivity index (χ4v) is 10.1. The highest BCUT2D eigenvalue weighted by molar-refractivity contribution is 7.13. The van der Waals surface area contributed by atoms with E-state index in [9.17, 15) is 14.0 Å². The van der Waals surface area contributed by atoms with Gasteiger partial charge < -0.3 is 19.6 Å². The highest BCUT2D eigenvalue weighted by atomic mass is 35.5. The van der Waals surface area contributed by atoms with Crippen LogP contribution in [0.1, 0.15) is 65.5 Å². The number of nitrogens with zero attached hydrogens (tertiary/aromatic N) is 7. The molecule has 7 heterocycles. The number of aromatic nitrogens is 4. The molecule has 3 aromatic heterocycles. The summed E-state index contributed by atoms with van der Waals surface area (Å²) in [6.07, 6.45) is 7.17. The normalized spacial score (nSPS) is 17.6. The first-order chi connectivity index (χ1) is 28.3. The Morgan fingerprint density at radius 3 is 2.55 bits per heavy atom. The molecule has 2 saturated heterocycles. The van der Waals surface area contributed by atoms with Gasteiger partial charge in [-0.1, -0.05) is 35.0 Å². The number of rotatable bonds is 8. The van der Waals surface area contributed by atoms with Crippen LogP contribution < -0.4 is 15.8 Å². The zero-order valence-corrected chi connectivity index (χ0v) is 34.4. The number of carbonyl (C=O) groups is 1. The van der Waals surface area contributed by atoms with E-state index in [2.05, 4.69) is 59.9 Å². The first-order valence-electron chi connectivity index (χ1n) is 20.6. The number of carbonyl (C=O) groups excluding carboxylic acids is 1. The number of aryl methyl sites for hydroxylation is 2. The summed E-state index contributed by atoms with van der Waals surface area (Å²) in [5.41, 5.74) is 6.43. The second-order valence-electron chi connectivity index (χ2n) is 16.0. The predicted octanol–water partition coefficient (Wildman–Crippen LogP) is 7.40. The minimum atomic E-state index is -0.303. The monoisotopic (exact) mass is 822 g/mol. The van der Waals surface area contributed by atoms with E-state index in [1.165, 1.54) is 22.2 Å². The number of fused-ring (bicyclic) bond motifs is 4. The van der Waals surface area contributed by atoms with Crippen molar-refractivity contribution < 1.29 is 13.7 Å². The molecule has 0 radical (unpaired) electrons. The van der Waals surface area contributed by atoms with E-state index in [0.29, 0.717) is 17.9 Å². The molecule has 0 spiro atoms. The second kappa shape index (κ2) is 16.9. The molecule has 0 saturated carbocycles. The fourth-order valence-electron chi connectivity index (χ4n) is 9.00. The Kier molecular flexibility index (Phi) is 11.3. The van der Waals surface area contributed by atoms with Gasteiger partial charge in [-0.3, -0.25) is 19.1 Å². The van der Waals surface area contributed by atoms with Gasteiger partial charge in [-0.05, 0) is 112 Å². The van der Waals surface area contributed by atoms with Crippen molar-refractivity contribution in [2.45, 2.75) is 70.8 Å². The van der Waals surface area contributed by atoms with Crippen LogP contribution in [0.5, 0.6) is 0 Å². The molecule has 4 aliphatic rings. The van der Waals surface area contributed by atoms with Crippen molar-refractivity contribution in [3.8, 4) is 0 Å². The van der Waals surface area contributed by atoms with Crippen LogP contribution >= 0.6 is 23.1 Å². The van der Waals surface area contributed by atoms with Gasteiger partial charge in [-0.25, -0.2) is 9.37 Å². The van der Waals surface area contributed by atoms with Gasteiger partial charge in [0.1, 0.15) is 17.5 Å². The first-order valence-corrected chi connectivity index (χ1v) is 21.7. The average Bonchev–Trinajstić information content (AvgIpc) is 3.96. The highest BCUT2D eigenvalue weighted by Gasteiger charge is 2.27. The number of amides is 1. The van der Waals surface area contributed by atoms with Crippen molar-refractivity contribution in [3.05, 3.63) is 110 Å². The fraction of sp³-hybridized carbons (Fsp3) is 0.432. The number of benzene rings is 3. The van der Waals surface area contributed by atoms with Crippen LogP contribution in [0.25, 0.3) is 21.1 Å². The SMILES string of the molecule is Cc1nc2n(c(=O)c1CCN1CCC(c3noc4cc(F)ccc34)CC1)CCCC2.O=C1Cc2cc(CCN3CCN(c4nsc5ccccc45)CC3)c(Cl)cc2N1. The van der Waals surface area contributed by atoms with Gasteiger partial charge in [0.2, 0.25) is 5.91 Å². The summed E-state index contributed by atoms with van der Waals surface area (Å²) < 4.78 is 26.6. The van der Waals surface area contributed by atoms with Gasteiger partial charge in [0.25, 0.3) is 5.56 Å². The molecule has 58 heavy (non-hydrogen) atoms. The summed E-state index contributed by atoms with van der Waals surface area (Å²) >= 11 is 8.01. The molecule has 6 aromatic rings. The van der Waals surface area contributed by atoms with Gasteiger partial charge in [-0.15, -0.1) is 0 Å². The van der Waals surface area contributed by atoms with Crippen LogP contribution in [-0.2, 0) is 37.0 Å². The molecule has 1 amide bonds. The van der Waals surface area contributed by atoms with Crippen LogP contribution in [0.4, 0.5) is 15.9 Å². The number of hydrogen-bond donors (Lipinski definition) is 1. The van der Waals surface area contributed by atoms with E-state index in [-0.39, 0.29) is 17.3 Å². The third kappa shape index (κ3) is 8.14. The molecule has 11 nitrogen and oxygen atoms in total. The number of halogens is 2. The molecule has 0 unspecified atom stereocenters. The Morgan fingerprint density at radius 2 is 1.71 bits per heavy atom. The predicted molar refractivity (Wildman–Crippen MR) is 228 cm³/mol. The zero-order chi connectivity index (χ0) is 39.8. The largest absolute Gasteiger partial charge is 0.356 e. The summed E-state index contributed by atoms with van der Waals surface area (Å²) in [6, 6.07) is 17.1. The number of piperazine rings is 1. The molecule has 0 bridgehead atoms. The Hall–Kier alpha value is -4.69. The summed E-state index contributed by atoms with van der Waals surface area (Å²) in [5.74, 6) is 2.15.